The number of nitrogens with zero attached hydrogens (tertiary/aromatic N) is 1. The van der Waals surface area contributed by atoms with Crippen LogP contribution < -0.4 is 10.6 Å². The summed E-state index contributed by atoms with van der Waals surface area (Å²) in [5.41, 5.74) is 0.777. The number of guanidine groups is 1. The molecule has 4 nitrogen and oxygen atoms in total. The molecule has 1 saturated carbocycles. The average molecular weight is 317 g/mol. The van der Waals surface area contributed by atoms with Gasteiger partial charge in [-0.3, -0.25) is 4.99 Å². The van der Waals surface area contributed by atoms with Gasteiger partial charge in [-0.1, -0.05) is 43.2 Å². The van der Waals surface area contributed by atoms with Crippen molar-refractivity contribution in [3.8, 4) is 0 Å². The summed E-state index contributed by atoms with van der Waals surface area (Å²) in [6.07, 6.45) is 6.09. The van der Waals surface area contributed by atoms with Gasteiger partial charge in [0.25, 0.3) is 0 Å². The molecule has 23 heavy (non-hydrogen) atoms. The van der Waals surface area contributed by atoms with Gasteiger partial charge in [0, 0.05) is 12.6 Å². The average Bonchev–Trinajstić information content (AvgIpc) is 2.99. The molecular formula is C19H31N3O. The topological polar surface area (TPSA) is 56.7 Å². The molecule has 0 aromatic heterocycles. The Labute approximate surface area is 140 Å². The number of rotatable bonds is 7. The molecule has 3 N–H and O–H groups in total. The van der Waals surface area contributed by atoms with E-state index in [0.29, 0.717) is 12.6 Å². The van der Waals surface area contributed by atoms with E-state index in [1.165, 1.54) is 5.56 Å². The number of nitrogens with one attached hydrogen (secondary N) is 2. The molecule has 0 heterocycles. The zero-order valence-electron chi connectivity index (χ0n) is 14.5. The van der Waals surface area contributed by atoms with Gasteiger partial charge in [0.2, 0.25) is 0 Å². The number of benzene rings is 1. The molecule has 1 aliphatic rings. The van der Waals surface area contributed by atoms with E-state index in [0.717, 1.165) is 51.0 Å². The molecule has 4 heteroatoms. The van der Waals surface area contributed by atoms with Crippen molar-refractivity contribution in [3.05, 3.63) is 35.9 Å². The number of hydrogen-bond donors (Lipinski definition) is 3. The van der Waals surface area contributed by atoms with Crippen LogP contribution in [-0.2, 0) is 6.42 Å². The first-order chi connectivity index (χ1) is 11.1. The first kappa shape index (κ1) is 17.8. The second-order valence-corrected chi connectivity index (χ2v) is 6.70. The van der Waals surface area contributed by atoms with Gasteiger partial charge in [0.15, 0.2) is 5.96 Å². The minimum absolute atomic E-state index is 0.339. The Morgan fingerprint density at radius 3 is 2.61 bits per heavy atom. The van der Waals surface area contributed by atoms with E-state index in [4.69, 9.17) is 0 Å². The van der Waals surface area contributed by atoms with Crippen LogP contribution in [0, 0.1) is 0 Å². The summed E-state index contributed by atoms with van der Waals surface area (Å²) in [5, 5.41) is 17.2. The normalized spacial score (nSPS) is 18.7. The van der Waals surface area contributed by atoms with E-state index in [9.17, 15) is 5.11 Å². The van der Waals surface area contributed by atoms with Gasteiger partial charge < -0.3 is 15.7 Å². The lowest BCUT2D eigenvalue weighted by Crippen LogP contribution is -2.43. The van der Waals surface area contributed by atoms with Crippen LogP contribution in [0.1, 0.15) is 51.5 Å². The van der Waals surface area contributed by atoms with Gasteiger partial charge in [-0.25, -0.2) is 0 Å². The minimum Gasteiger partial charge on any atom is -0.388 e. The van der Waals surface area contributed by atoms with E-state index >= 15 is 0 Å². The lowest BCUT2D eigenvalue weighted by Gasteiger charge is -2.22. The molecule has 0 radical (unpaired) electrons. The number of aryl methyl sites for hydroxylation is 1. The molecule has 1 unspecified atom stereocenters. The Kier molecular flexibility index (Phi) is 6.90. The lowest BCUT2D eigenvalue weighted by atomic mass is 10.0. The predicted octanol–water partition coefficient (Wildman–Crippen LogP) is 2.87. The zero-order chi connectivity index (χ0) is 16.5. The van der Waals surface area contributed by atoms with Crippen molar-refractivity contribution in [1.82, 2.24) is 10.6 Å². The highest BCUT2D eigenvalue weighted by molar-refractivity contribution is 5.80. The van der Waals surface area contributed by atoms with Crippen LogP contribution in [0.5, 0.6) is 0 Å². The third-order valence-corrected chi connectivity index (χ3v) is 4.50. The molecule has 1 aromatic carbocycles. The lowest BCUT2D eigenvalue weighted by molar-refractivity contribution is 0.0574. The Bertz CT molecular complexity index is 481. The maximum Gasteiger partial charge on any atom is 0.191 e. The van der Waals surface area contributed by atoms with Crippen molar-refractivity contribution in [2.45, 2.75) is 64.0 Å². The zero-order valence-corrected chi connectivity index (χ0v) is 14.5. The van der Waals surface area contributed by atoms with Crippen LogP contribution >= 0.6 is 0 Å². The quantitative estimate of drug-likeness (QED) is 0.535. The van der Waals surface area contributed by atoms with E-state index in [1.807, 2.05) is 0 Å². The maximum absolute atomic E-state index is 10.4. The van der Waals surface area contributed by atoms with Crippen molar-refractivity contribution >= 4 is 5.96 Å². The molecule has 128 valence electrons. The minimum atomic E-state index is -0.588. The SMILES string of the molecule is CCNC(=NCC1(O)CCCC1)NC(C)CCc1ccccc1. The monoisotopic (exact) mass is 317 g/mol. The smallest absolute Gasteiger partial charge is 0.191 e. The number of hydrogen-bond acceptors (Lipinski definition) is 2. The van der Waals surface area contributed by atoms with Crippen molar-refractivity contribution < 1.29 is 5.11 Å². The molecular weight excluding hydrogens is 286 g/mol. The summed E-state index contributed by atoms with van der Waals surface area (Å²) in [5.74, 6) is 0.813. The predicted molar refractivity (Wildman–Crippen MR) is 96.8 cm³/mol. The Morgan fingerprint density at radius 1 is 1.26 bits per heavy atom. The Morgan fingerprint density at radius 2 is 1.96 bits per heavy atom. The van der Waals surface area contributed by atoms with Crippen LogP contribution in [0.4, 0.5) is 0 Å². The molecule has 0 spiro atoms. The van der Waals surface area contributed by atoms with Crippen molar-refractivity contribution in [2.24, 2.45) is 4.99 Å². The van der Waals surface area contributed by atoms with Gasteiger partial charge >= 0.3 is 0 Å². The molecule has 1 atom stereocenters. The second kappa shape index (κ2) is 8.92. The fourth-order valence-electron chi connectivity index (χ4n) is 3.07. The highest BCUT2D eigenvalue weighted by Crippen LogP contribution is 2.29. The maximum atomic E-state index is 10.4. The first-order valence-corrected chi connectivity index (χ1v) is 8.92. The molecule has 0 bridgehead atoms. The standard InChI is InChI=1S/C19H31N3O/c1-3-20-18(21-15-19(23)13-7-8-14-19)22-16(2)11-12-17-9-5-4-6-10-17/h4-6,9-10,16,23H,3,7-8,11-15H2,1-2H3,(H2,20,21,22). The van der Waals surface area contributed by atoms with Gasteiger partial charge in [0.1, 0.15) is 0 Å². The van der Waals surface area contributed by atoms with Crippen LogP contribution in [-0.4, -0.2) is 35.8 Å². The molecule has 1 fully saturated rings. The van der Waals surface area contributed by atoms with E-state index < -0.39 is 5.60 Å². The fraction of sp³-hybridized carbons (Fsp3) is 0.632. The third-order valence-electron chi connectivity index (χ3n) is 4.50. The third kappa shape index (κ3) is 6.22. The van der Waals surface area contributed by atoms with Gasteiger partial charge in [-0.2, -0.15) is 0 Å². The molecule has 0 aliphatic heterocycles. The van der Waals surface area contributed by atoms with Crippen molar-refractivity contribution in [2.75, 3.05) is 13.1 Å². The first-order valence-electron chi connectivity index (χ1n) is 8.92. The second-order valence-electron chi connectivity index (χ2n) is 6.70. The fourth-order valence-corrected chi connectivity index (χ4v) is 3.07. The van der Waals surface area contributed by atoms with Crippen LogP contribution in [0.15, 0.2) is 35.3 Å². The van der Waals surface area contributed by atoms with E-state index in [-0.39, 0.29) is 0 Å². The highest BCUT2D eigenvalue weighted by Gasteiger charge is 2.30. The van der Waals surface area contributed by atoms with E-state index in [1.54, 1.807) is 0 Å². The van der Waals surface area contributed by atoms with Crippen molar-refractivity contribution in [1.29, 1.82) is 0 Å². The van der Waals surface area contributed by atoms with Gasteiger partial charge in [0.05, 0.1) is 12.1 Å². The van der Waals surface area contributed by atoms with Gasteiger partial charge in [-0.05, 0) is 45.1 Å². The Hall–Kier alpha value is -1.55. The molecule has 1 aromatic rings. The molecule has 0 amide bonds. The van der Waals surface area contributed by atoms with Crippen LogP contribution in [0.25, 0.3) is 0 Å². The Balaban J connectivity index is 1.82. The van der Waals surface area contributed by atoms with Crippen LogP contribution in [0.2, 0.25) is 0 Å². The number of aliphatic imine (C=N–C) groups is 1. The molecule has 1 aliphatic carbocycles. The van der Waals surface area contributed by atoms with E-state index in [2.05, 4.69) is 59.8 Å². The molecule has 2 rings (SSSR count). The number of aliphatic hydroxyl groups is 1. The van der Waals surface area contributed by atoms with Gasteiger partial charge in [-0.15, -0.1) is 0 Å². The largest absolute Gasteiger partial charge is 0.388 e. The summed E-state index contributed by atoms with van der Waals surface area (Å²) < 4.78 is 0. The summed E-state index contributed by atoms with van der Waals surface area (Å²) >= 11 is 0. The summed E-state index contributed by atoms with van der Waals surface area (Å²) in [6.45, 7) is 5.57. The summed E-state index contributed by atoms with van der Waals surface area (Å²) in [7, 11) is 0. The van der Waals surface area contributed by atoms with Crippen molar-refractivity contribution in [3.63, 3.8) is 0 Å². The molecule has 0 saturated heterocycles. The summed E-state index contributed by atoms with van der Waals surface area (Å²) in [4.78, 5) is 4.61. The highest BCUT2D eigenvalue weighted by atomic mass is 16.3. The summed E-state index contributed by atoms with van der Waals surface area (Å²) in [6, 6.07) is 10.9. The van der Waals surface area contributed by atoms with Crippen LogP contribution in [0.3, 0.4) is 0 Å².